The molecule has 34 heavy (non-hydrogen) atoms. The van der Waals surface area contributed by atoms with Crippen molar-refractivity contribution in [2.75, 3.05) is 13.2 Å². The second-order valence-electron chi connectivity index (χ2n) is 7.91. The van der Waals surface area contributed by atoms with Crippen LogP contribution in [0.25, 0.3) is 11.0 Å². The van der Waals surface area contributed by atoms with Gasteiger partial charge in [0.1, 0.15) is 17.2 Å². The first kappa shape index (κ1) is 23.6. The molecule has 7 nitrogen and oxygen atoms in total. The fraction of sp³-hybridized carbons (Fsp3) is 0.308. The molecule has 4 rings (SSSR count). The molecule has 0 saturated heterocycles. The summed E-state index contributed by atoms with van der Waals surface area (Å²) in [7, 11) is 0. The Morgan fingerprint density at radius 2 is 1.59 bits per heavy atom. The van der Waals surface area contributed by atoms with Crippen molar-refractivity contribution in [2.45, 2.75) is 39.5 Å². The van der Waals surface area contributed by atoms with Gasteiger partial charge >= 0.3 is 0 Å². The Labute approximate surface area is 201 Å². The van der Waals surface area contributed by atoms with Crippen molar-refractivity contribution in [1.29, 1.82) is 0 Å². The molecule has 2 heterocycles. The molecule has 4 aromatic rings. The average molecular weight is 478 g/mol. The van der Waals surface area contributed by atoms with E-state index in [1.807, 2.05) is 48.5 Å². The number of rotatable bonds is 10. The van der Waals surface area contributed by atoms with Crippen molar-refractivity contribution < 1.29 is 9.47 Å². The molecular weight excluding hydrogens is 450 g/mol. The Hall–Kier alpha value is -3.52. The van der Waals surface area contributed by atoms with E-state index >= 15 is 0 Å². The van der Waals surface area contributed by atoms with E-state index in [9.17, 15) is 9.59 Å². The lowest BCUT2D eigenvalue weighted by atomic mass is 10.1. The van der Waals surface area contributed by atoms with Crippen molar-refractivity contribution in [1.82, 2.24) is 14.6 Å². The summed E-state index contributed by atoms with van der Waals surface area (Å²) in [5.74, 6) is 1.58. The molecule has 0 fully saturated rings. The highest BCUT2D eigenvalue weighted by Gasteiger charge is 2.12. The third kappa shape index (κ3) is 5.69. The highest BCUT2D eigenvalue weighted by molar-refractivity contribution is 7.15. The molecule has 0 aliphatic carbocycles. The van der Waals surface area contributed by atoms with Crippen molar-refractivity contribution in [3.05, 3.63) is 90.6 Å². The Morgan fingerprint density at radius 3 is 2.26 bits per heavy atom. The molecule has 0 unspecified atom stereocenters. The van der Waals surface area contributed by atoms with Crippen LogP contribution in [0.15, 0.2) is 58.1 Å². The normalized spacial score (nSPS) is 11.8. The number of aromatic nitrogens is 3. The minimum atomic E-state index is -0.423. The number of fused-ring (bicyclic) bond motifs is 1. The zero-order valence-corrected chi connectivity index (χ0v) is 20.1. The highest BCUT2D eigenvalue weighted by Crippen LogP contribution is 2.15. The maximum atomic E-state index is 12.9. The van der Waals surface area contributed by atoms with Crippen LogP contribution in [0.1, 0.15) is 49.9 Å². The predicted octanol–water partition coefficient (Wildman–Crippen LogP) is 3.62. The van der Waals surface area contributed by atoms with Gasteiger partial charge in [0.15, 0.2) is 0 Å². The van der Waals surface area contributed by atoms with E-state index in [2.05, 4.69) is 23.9 Å². The summed E-state index contributed by atoms with van der Waals surface area (Å²) in [4.78, 5) is 29.9. The van der Waals surface area contributed by atoms with Crippen LogP contribution in [0.4, 0.5) is 0 Å². The molecule has 2 aromatic heterocycles. The van der Waals surface area contributed by atoms with Gasteiger partial charge in [-0.25, -0.2) is 0 Å². The first-order valence-corrected chi connectivity index (χ1v) is 12.3. The number of nitrogens with zero attached hydrogens (tertiary/aromatic N) is 3. The molecule has 176 valence electrons. The van der Waals surface area contributed by atoms with Gasteiger partial charge in [0.25, 0.3) is 11.1 Å². The zero-order valence-electron chi connectivity index (χ0n) is 19.3. The van der Waals surface area contributed by atoms with Crippen molar-refractivity contribution in [3.8, 4) is 11.5 Å². The first-order chi connectivity index (χ1) is 16.6. The van der Waals surface area contributed by atoms with Crippen molar-refractivity contribution in [3.63, 3.8) is 0 Å². The fourth-order valence-electron chi connectivity index (χ4n) is 3.31. The van der Waals surface area contributed by atoms with Gasteiger partial charge in [0.05, 0.1) is 17.7 Å². The first-order valence-electron chi connectivity index (χ1n) is 11.5. The van der Waals surface area contributed by atoms with Gasteiger partial charge in [-0.15, -0.1) is 0 Å². The lowest BCUT2D eigenvalue weighted by molar-refractivity contribution is 0.309. The zero-order chi connectivity index (χ0) is 23.9. The van der Waals surface area contributed by atoms with Gasteiger partial charge < -0.3 is 9.47 Å². The lowest BCUT2D eigenvalue weighted by Gasteiger charge is -2.05. The fourth-order valence-corrected chi connectivity index (χ4v) is 4.22. The summed E-state index contributed by atoms with van der Waals surface area (Å²) in [6.07, 6.45) is 5.09. The number of unbranched alkanes of at least 4 members (excludes halogenated alkanes) is 1. The van der Waals surface area contributed by atoms with E-state index in [4.69, 9.17) is 9.47 Å². The Balaban J connectivity index is 1.57. The number of hydrogen-bond donors (Lipinski definition) is 0. The molecule has 8 heteroatoms. The van der Waals surface area contributed by atoms with Gasteiger partial charge in [0, 0.05) is 6.42 Å². The average Bonchev–Trinajstić information content (AvgIpc) is 3.14. The Kier molecular flexibility index (Phi) is 7.69. The lowest BCUT2D eigenvalue weighted by Crippen LogP contribution is -2.28. The largest absolute Gasteiger partial charge is 0.494 e. The van der Waals surface area contributed by atoms with E-state index < -0.39 is 5.56 Å². The van der Waals surface area contributed by atoms with Gasteiger partial charge in [-0.05, 0) is 54.3 Å². The van der Waals surface area contributed by atoms with Crippen LogP contribution < -0.4 is 25.1 Å². The smallest absolute Gasteiger partial charge is 0.296 e. The van der Waals surface area contributed by atoms with Crippen LogP contribution >= 0.6 is 11.3 Å². The summed E-state index contributed by atoms with van der Waals surface area (Å²) in [5, 5.41) is 4.33. The summed E-state index contributed by atoms with van der Waals surface area (Å²) in [6, 6.07) is 15.1. The summed E-state index contributed by atoms with van der Waals surface area (Å²) < 4.78 is 13.0. The summed E-state index contributed by atoms with van der Waals surface area (Å²) in [5.41, 5.74) is 1.27. The Morgan fingerprint density at radius 1 is 0.912 bits per heavy atom. The van der Waals surface area contributed by atoms with Crippen LogP contribution in [-0.4, -0.2) is 27.8 Å². The van der Waals surface area contributed by atoms with Gasteiger partial charge in [-0.2, -0.15) is 14.6 Å². The van der Waals surface area contributed by atoms with Crippen LogP contribution in [0.2, 0.25) is 0 Å². The van der Waals surface area contributed by atoms with Crippen LogP contribution in [0, 0.1) is 0 Å². The molecule has 0 saturated carbocycles. The molecule has 0 amide bonds. The monoisotopic (exact) mass is 477 g/mol. The second kappa shape index (κ2) is 11.1. The number of hydrogen-bond acceptors (Lipinski definition) is 7. The van der Waals surface area contributed by atoms with E-state index in [1.54, 1.807) is 6.08 Å². The molecular formula is C26H27N3O4S. The molecule has 0 spiro atoms. The molecule has 0 N–H and O–H groups in total. The third-order valence-electron chi connectivity index (χ3n) is 5.16. The standard InChI is InChI=1S/C26H27N3O4S/c1-3-5-15-33-21-12-8-19(9-13-21)17-23-25(31)29-26(34-23)27-24(30)22(28-29)16-18-6-10-20(11-7-18)32-14-4-2/h6-13,17H,3-5,14-16H2,1-2H3/b23-17-. The number of benzene rings is 2. The van der Waals surface area contributed by atoms with Crippen LogP contribution in [0.5, 0.6) is 11.5 Å². The van der Waals surface area contributed by atoms with E-state index in [1.165, 1.54) is 4.52 Å². The molecule has 0 bridgehead atoms. The summed E-state index contributed by atoms with van der Waals surface area (Å²) in [6.45, 7) is 5.51. The second-order valence-corrected chi connectivity index (χ2v) is 8.92. The van der Waals surface area contributed by atoms with Crippen molar-refractivity contribution >= 4 is 22.4 Å². The highest BCUT2D eigenvalue weighted by atomic mass is 32.1. The minimum Gasteiger partial charge on any atom is -0.494 e. The maximum Gasteiger partial charge on any atom is 0.296 e. The third-order valence-corrected chi connectivity index (χ3v) is 6.12. The quantitative estimate of drug-likeness (QED) is 0.325. The molecule has 2 aromatic carbocycles. The topological polar surface area (TPSA) is 82.8 Å². The molecule has 0 aliphatic heterocycles. The summed E-state index contributed by atoms with van der Waals surface area (Å²) >= 11 is 1.15. The van der Waals surface area contributed by atoms with E-state index in [-0.39, 0.29) is 22.6 Å². The van der Waals surface area contributed by atoms with Crippen LogP contribution in [-0.2, 0) is 6.42 Å². The van der Waals surface area contributed by atoms with Gasteiger partial charge in [0.2, 0.25) is 4.96 Å². The SMILES string of the molecule is CCCCOc1ccc(/C=c2\sc3nc(=O)c(Cc4ccc(OCCC)cc4)nn3c2=O)cc1. The number of thiazole rings is 1. The van der Waals surface area contributed by atoms with E-state index in [0.29, 0.717) is 17.7 Å². The van der Waals surface area contributed by atoms with Crippen LogP contribution in [0.3, 0.4) is 0 Å². The predicted molar refractivity (Wildman–Crippen MR) is 134 cm³/mol. The maximum absolute atomic E-state index is 12.9. The Bertz CT molecular complexity index is 1410. The van der Waals surface area contributed by atoms with Gasteiger partial charge in [-0.3, -0.25) is 9.59 Å². The number of ether oxygens (including phenoxy) is 2. The molecule has 0 atom stereocenters. The molecule has 0 radical (unpaired) electrons. The van der Waals surface area contributed by atoms with E-state index in [0.717, 1.165) is 53.2 Å². The van der Waals surface area contributed by atoms with Gasteiger partial charge in [-0.1, -0.05) is 55.9 Å². The molecule has 0 aliphatic rings. The minimum absolute atomic E-state index is 0.231. The van der Waals surface area contributed by atoms with Crippen molar-refractivity contribution in [2.24, 2.45) is 0 Å².